The van der Waals surface area contributed by atoms with Crippen LogP contribution in [0.3, 0.4) is 0 Å². The van der Waals surface area contributed by atoms with Crippen molar-refractivity contribution in [1.82, 2.24) is 9.55 Å². The van der Waals surface area contributed by atoms with E-state index >= 15 is 0 Å². The van der Waals surface area contributed by atoms with Gasteiger partial charge in [-0.2, -0.15) is 8.42 Å². The van der Waals surface area contributed by atoms with Gasteiger partial charge in [0.15, 0.2) is 17.4 Å². The first-order valence-corrected chi connectivity index (χ1v) is 10.1. The molecule has 0 atom stereocenters. The third kappa shape index (κ3) is 3.59. The molecule has 0 aliphatic carbocycles. The Morgan fingerprint density at radius 3 is 2.37 bits per heavy atom. The molecule has 158 valence electrons. The SMILES string of the molecule is COc1c(F)ccc(-n2c(C)nc(-c3cc(C)ccc3S(=O)(=O)O)c(C)c2=O)c1F. The van der Waals surface area contributed by atoms with Gasteiger partial charge in [-0.05, 0) is 45.0 Å². The van der Waals surface area contributed by atoms with Crippen molar-refractivity contribution in [2.24, 2.45) is 0 Å². The molecule has 0 fully saturated rings. The Morgan fingerprint density at radius 1 is 1.10 bits per heavy atom. The van der Waals surface area contributed by atoms with Crippen LogP contribution in [0.25, 0.3) is 16.9 Å². The number of hydrogen-bond donors (Lipinski definition) is 1. The van der Waals surface area contributed by atoms with Gasteiger partial charge < -0.3 is 4.74 Å². The second-order valence-corrected chi connectivity index (χ2v) is 8.05. The molecule has 1 aromatic heterocycles. The molecule has 0 aliphatic rings. The number of halogens is 2. The maximum atomic E-state index is 14.7. The highest BCUT2D eigenvalue weighted by atomic mass is 32.2. The molecule has 1 N–H and O–H groups in total. The number of aryl methyl sites for hydroxylation is 2. The fourth-order valence-corrected chi connectivity index (χ4v) is 3.87. The van der Waals surface area contributed by atoms with Crippen molar-refractivity contribution in [3.05, 3.63) is 69.3 Å². The van der Waals surface area contributed by atoms with Crippen molar-refractivity contribution >= 4 is 10.1 Å². The van der Waals surface area contributed by atoms with Crippen molar-refractivity contribution in [2.75, 3.05) is 7.11 Å². The maximum absolute atomic E-state index is 14.7. The Balaban J connectivity index is 2.35. The van der Waals surface area contributed by atoms with Gasteiger partial charge in [-0.1, -0.05) is 11.6 Å². The molecule has 0 saturated heterocycles. The molecule has 0 aliphatic heterocycles. The van der Waals surface area contributed by atoms with Gasteiger partial charge in [0.25, 0.3) is 15.7 Å². The lowest BCUT2D eigenvalue weighted by atomic mass is 10.0. The normalized spacial score (nSPS) is 11.6. The monoisotopic (exact) mass is 436 g/mol. The average Bonchev–Trinajstić information content (AvgIpc) is 2.65. The number of nitrogens with zero attached hydrogens (tertiary/aromatic N) is 2. The fraction of sp³-hybridized carbons (Fsp3) is 0.200. The summed E-state index contributed by atoms with van der Waals surface area (Å²) in [6, 6.07) is 6.23. The van der Waals surface area contributed by atoms with Gasteiger partial charge in [0, 0.05) is 11.1 Å². The predicted octanol–water partition coefficient (Wildman–Crippen LogP) is 3.36. The van der Waals surface area contributed by atoms with Crippen LogP contribution in [0.4, 0.5) is 8.78 Å². The van der Waals surface area contributed by atoms with Gasteiger partial charge in [-0.25, -0.2) is 13.8 Å². The summed E-state index contributed by atoms with van der Waals surface area (Å²) in [6.07, 6.45) is 0. The van der Waals surface area contributed by atoms with Gasteiger partial charge in [0.05, 0.1) is 18.5 Å². The van der Waals surface area contributed by atoms with Gasteiger partial charge >= 0.3 is 0 Å². The van der Waals surface area contributed by atoms with Gasteiger partial charge in [0.1, 0.15) is 10.7 Å². The van der Waals surface area contributed by atoms with Crippen molar-refractivity contribution in [3.63, 3.8) is 0 Å². The molecule has 0 spiro atoms. The Kier molecular flexibility index (Phi) is 5.48. The standard InChI is InChI=1S/C20H18F2N2O5S/c1-10-5-8-16(30(26,27)28)13(9-10)18-11(2)20(25)24(12(3)23-18)15-7-6-14(21)19(29-4)17(15)22/h5-9H,1-4H3,(H,26,27,28). The molecule has 10 heteroatoms. The summed E-state index contributed by atoms with van der Waals surface area (Å²) in [7, 11) is -3.49. The van der Waals surface area contributed by atoms with Gasteiger partial charge in [-0.15, -0.1) is 0 Å². The van der Waals surface area contributed by atoms with Crippen molar-refractivity contribution in [2.45, 2.75) is 25.7 Å². The second-order valence-electron chi connectivity index (χ2n) is 6.66. The average molecular weight is 436 g/mol. The smallest absolute Gasteiger partial charge is 0.295 e. The van der Waals surface area contributed by atoms with E-state index < -0.39 is 38.0 Å². The third-order valence-corrected chi connectivity index (χ3v) is 5.53. The first-order chi connectivity index (χ1) is 14.0. The Morgan fingerprint density at radius 2 is 1.77 bits per heavy atom. The van der Waals surface area contributed by atoms with E-state index in [2.05, 4.69) is 4.98 Å². The van der Waals surface area contributed by atoms with Crippen LogP contribution in [-0.2, 0) is 10.1 Å². The molecule has 0 amide bonds. The summed E-state index contributed by atoms with van der Waals surface area (Å²) in [5.41, 5.74) is -0.197. The number of ether oxygens (including phenoxy) is 1. The Labute approximate surface area is 171 Å². The highest BCUT2D eigenvalue weighted by Gasteiger charge is 2.24. The summed E-state index contributed by atoms with van der Waals surface area (Å²) in [6.45, 7) is 4.53. The predicted molar refractivity (Wildman–Crippen MR) is 106 cm³/mol. The van der Waals surface area contributed by atoms with E-state index in [-0.39, 0.29) is 28.3 Å². The van der Waals surface area contributed by atoms with E-state index in [1.54, 1.807) is 6.92 Å². The van der Waals surface area contributed by atoms with Crippen molar-refractivity contribution < 1.29 is 26.5 Å². The highest BCUT2D eigenvalue weighted by Crippen LogP contribution is 2.30. The third-order valence-electron chi connectivity index (χ3n) is 4.62. The number of rotatable bonds is 4. The number of methoxy groups -OCH3 is 1. The lowest BCUT2D eigenvalue weighted by molar-refractivity contribution is 0.359. The molecule has 30 heavy (non-hydrogen) atoms. The lowest BCUT2D eigenvalue weighted by Gasteiger charge is -2.17. The van der Waals surface area contributed by atoms with Crippen LogP contribution in [0.1, 0.15) is 17.0 Å². The zero-order valence-electron chi connectivity index (χ0n) is 16.5. The van der Waals surface area contributed by atoms with Gasteiger partial charge in [0.2, 0.25) is 0 Å². The Hall–Kier alpha value is -3.11. The zero-order valence-corrected chi connectivity index (χ0v) is 17.3. The van der Waals surface area contributed by atoms with E-state index in [0.717, 1.165) is 23.8 Å². The summed E-state index contributed by atoms with van der Waals surface area (Å²) >= 11 is 0. The van der Waals surface area contributed by atoms with Crippen LogP contribution < -0.4 is 10.3 Å². The topological polar surface area (TPSA) is 98.5 Å². The zero-order chi connectivity index (χ0) is 22.4. The molecule has 3 rings (SSSR count). The van der Waals surface area contributed by atoms with Crippen LogP contribution in [0.5, 0.6) is 5.75 Å². The summed E-state index contributed by atoms with van der Waals surface area (Å²) in [5.74, 6) is -2.63. The molecule has 0 radical (unpaired) electrons. The minimum absolute atomic E-state index is 0.0128. The molecule has 3 aromatic rings. The van der Waals surface area contributed by atoms with Gasteiger partial charge in [-0.3, -0.25) is 13.9 Å². The fourth-order valence-electron chi connectivity index (χ4n) is 3.19. The quantitative estimate of drug-likeness (QED) is 0.630. The Bertz CT molecular complexity index is 1330. The molecular weight excluding hydrogens is 418 g/mol. The first kappa shape index (κ1) is 21.6. The molecule has 0 bridgehead atoms. The molecule has 1 heterocycles. The summed E-state index contributed by atoms with van der Waals surface area (Å²) in [5, 5.41) is 0. The van der Waals surface area contributed by atoms with Crippen LogP contribution in [0.15, 0.2) is 40.0 Å². The first-order valence-electron chi connectivity index (χ1n) is 8.68. The van der Waals surface area contributed by atoms with Crippen LogP contribution in [0, 0.1) is 32.4 Å². The van der Waals surface area contributed by atoms with Crippen molar-refractivity contribution in [3.8, 4) is 22.7 Å². The molecule has 7 nitrogen and oxygen atoms in total. The minimum atomic E-state index is -4.59. The van der Waals surface area contributed by atoms with E-state index in [1.165, 1.54) is 32.0 Å². The summed E-state index contributed by atoms with van der Waals surface area (Å²) < 4.78 is 67.3. The molecular formula is C20H18F2N2O5S. The number of hydrogen-bond acceptors (Lipinski definition) is 5. The molecule has 0 saturated carbocycles. The summed E-state index contributed by atoms with van der Waals surface area (Å²) in [4.78, 5) is 17.0. The maximum Gasteiger partial charge on any atom is 0.295 e. The lowest BCUT2D eigenvalue weighted by Crippen LogP contribution is -2.26. The van der Waals surface area contributed by atoms with Crippen LogP contribution >= 0.6 is 0 Å². The largest absolute Gasteiger partial charge is 0.491 e. The van der Waals surface area contributed by atoms with Crippen LogP contribution in [0.2, 0.25) is 0 Å². The van der Waals surface area contributed by atoms with Crippen molar-refractivity contribution in [1.29, 1.82) is 0 Å². The molecule has 2 aromatic carbocycles. The van der Waals surface area contributed by atoms with E-state index in [1.807, 2.05) is 0 Å². The minimum Gasteiger partial charge on any atom is -0.491 e. The van der Waals surface area contributed by atoms with Crippen LogP contribution in [-0.4, -0.2) is 29.6 Å². The second kappa shape index (κ2) is 7.62. The highest BCUT2D eigenvalue weighted by molar-refractivity contribution is 7.86. The molecule has 0 unspecified atom stereocenters. The number of aromatic nitrogens is 2. The van der Waals surface area contributed by atoms with E-state index in [0.29, 0.717) is 5.56 Å². The number of benzene rings is 2. The van der Waals surface area contributed by atoms with E-state index in [9.17, 15) is 26.5 Å². The van der Waals surface area contributed by atoms with E-state index in [4.69, 9.17) is 4.74 Å².